The second-order valence-electron chi connectivity index (χ2n) is 14.6. The molecule has 0 saturated heterocycles. The van der Waals surface area contributed by atoms with Gasteiger partial charge in [0.2, 0.25) is 0 Å². The standard InChI is InChI=1S/C38H56O3/c1-28-11-8-14-32-15-9-16-33(40-32)17-10-18-37(39)41-36(27-35(31-22-23-31)38(2,3)26-25-28)34(30-20-21-30)24-19-29-12-6-4-5-7-13-29/h6,9-10,12,16,18-19,24,29-36H,1,4-5,7-8,11,13-15,17,20-23,25-27H2,2-3H3/b18-10-,24-19+. The van der Waals surface area contributed by atoms with Crippen molar-refractivity contribution in [3.63, 3.8) is 0 Å². The highest BCUT2D eigenvalue weighted by Crippen LogP contribution is 2.52. The van der Waals surface area contributed by atoms with E-state index in [1.807, 2.05) is 6.08 Å². The topological polar surface area (TPSA) is 35.5 Å². The molecule has 0 aromatic carbocycles. The zero-order valence-corrected chi connectivity index (χ0v) is 26.0. The lowest BCUT2D eigenvalue weighted by Crippen LogP contribution is -2.35. The third-order valence-corrected chi connectivity index (χ3v) is 10.6. The van der Waals surface area contributed by atoms with E-state index in [2.05, 4.69) is 56.9 Å². The SMILES string of the molecule is C=C1CCCC2CC=CC(C/C=C\C(=O)OC(C(/C=C/C3C=CCCCC3)C3CC3)CC(C3CC3)C(C)(C)CC1)O2. The summed E-state index contributed by atoms with van der Waals surface area (Å²) in [5.41, 5.74) is 1.58. The third-order valence-electron chi connectivity index (χ3n) is 10.6. The Morgan fingerprint density at radius 1 is 0.951 bits per heavy atom. The highest BCUT2D eigenvalue weighted by atomic mass is 16.5. The van der Waals surface area contributed by atoms with E-state index in [1.165, 1.54) is 56.9 Å². The van der Waals surface area contributed by atoms with Crippen LogP contribution >= 0.6 is 0 Å². The van der Waals surface area contributed by atoms with Crippen molar-refractivity contribution in [3.8, 4) is 0 Å². The highest BCUT2D eigenvalue weighted by Gasteiger charge is 2.45. The van der Waals surface area contributed by atoms with Crippen molar-refractivity contribution in [2.24, 2.45) is 35.0 Å². The van der Waals surface area contributed by atoms with Crippen molar-refractivity contribution in [1.82, 2.24) is 0 Å². The molecule has 6 unspecified atom stereocenters. The molecular weight excluding hydrogens is 504 g/mol. The summed E-state index contributed by atoms with van der Waals surface area (Å²) in [5.74, 6) is 2.62. The van der Waals surface area contributed by atoms with Gasteiger partial charge in [-0.25, -0.2) is 4.79 Å². The van der Waals surface area contributed by atoms with Gasteiger partial charge in [-0.2, -0.15) is 0 Å². The minimum absolute atomic E-state index is 0.0468. The molecule has 2 bridgehead atoms. The Bertz CT molecular complexity index is 991. The van der Waals surface area contributed by atoms with Crippen LogP contribution in [0.15, 0.2) is 60.8 Å². The average molecular weight is 561 g/mol. The fourth-order valence-electron chi connectivity index (χ4n) is 7.62. The molecule has 0 spiro atoms. The number of allylic oxidation sites excluding steroid dienone is 4. The van der Waals surface area contributed by atoms with E-state index >= 15 is 0 Å². The summed E-state index contributed by atoms with van der Waals surface area (Å²) in [7, 11) is 0. The summed E-state index contributed by atoms with van der Waals surface area (Å²) < 4.78 is 12.8. The zero-order chi connectivity index (χ0) is 28.7. The summed E-state index contributed by atoms with van der Waals surface area (Å²) in [4.78, 5) is 13.3. The summed E-state index contributed by atoms with van der Waals surface area (Å²) in [5, 5.41) is 0. The van der Waals surface area contributed by atoms with Gasteiger partial charge in [0.25, 0.3) is 0 Å². The lowest BCUT2D eigenvalue weighted by Gasteiger charge is -2.39. The molecule has 2 heterocycles. The van der Waals surface area contributed by atoms with Crippen LogP contribution in [-0.4, -0.2) is 24.3 Å². The van der Waals surface area contributed by atoms with Gasteiger partial charge in [-0.05, 0) is 125 Å². The number of carbonyl (C=O) groups excluding carboxylic acids is 1. The van der Waals surface area contributed by atoms with Gasteiger partial charge in [0.1, 0.15) is 6.10 Å². The van der Waals surface area contributed by atoms with Crippen LogP contribution in [0.3, 0.4) is 0 Å². The molecule has 5 aliphatic rings. The van der Waals surface area contributed by atoms with Crippen molar-refractivity contribution < 1.29 is 14.3 Å². The van der Waals surface area contributed by atoms with Crippen LogP contribution in [0.25, 0.3) is 0 Å². The molecule has 6 atom stereocenters. The third kappa shape index (κ3) is 9.57. The molecule has 0 aromatic heterocycles. The molecular formula is C38H56O3. The molecule has 226 valence electrons. The van der Waals surface area contributed by atoms with Crippen molar-refractivity contribution in [1.29, 1.82) is 0 Å². The van der Waals surface area contributed by atoms with Gasteiger partial charge in [0.15, 0.2) is 0 Å². The molecule has 41 heavy (non-hydrogen) atoms. The van der Waals surface area contributed by atoms with Gasteiger partial charge < -0.3 is 9.47 Å². The quantitative estimate of drug-likeness (QED) is 0.248. The largest absolute Gasteiger partial charge is 0.459 e. The monoisotopic (exact) mass is 560 g/mol. The minimum Gasteiger partial charge on any atom is -0.459 e. The predicted octanol–water partition coefficient (Wildman–Crippen LogP) is 9.85. The van der Waals surface area contributed by atoms with E-state index in [4.69, 9.17) is 9.47 Å². The summed E-state index contributed by atoms with van der Waals surface area (Å²) in [6, 6.07) is 0. The molecule has 0 N–H and O–H groups in total. The summed E-state index contributed by atoms with van der Waals surface area (Å²) in [6.45, 7) is 9.43. The van der Waals surface area contributed by atoms with Gasteiger partial charge in [0.05, 0.1) is 12.2 Å². The van der Waals surface area contributed by atoms with Crippen LogP contribution in [0.4, 0.5) is 0 Å². The maximum atomic E-state index is 13.3. The van der Waals surface area contributed by atoms with Gasteiger partial charge in [-0.15, -0.1) is 0 Å². The predicted molar refractivity (Wildman–Crippen MR) is 169 cm³/mol. The van der Waals surface area contributed by atoms with Crippen molar-refractivity contribution in [2.45, 2.75) is 135 Å². The maximum Gasteiger partial charge on any atom is 0.330 e. The Hall–Kier alpha value is -1.87. The number of hydrogen-bond donors (Lipinski definition) is 0. The van der Waals surface area contributed by atoms with Gasteiger partial charge >= 0.3 is 5.97 Å². The van der Waals surface area contributed by atoms with E-state index in [-0.39, 0.29) is 29.7 Å². The molecule has 2 saturated carbocycles. The molecule has 0 radical (unpaired) electrons. The first-order valence-corrected chi connectivity index (χ1v) is 17.1. The number of hydrogen-bond acceptors (Lipinski definition) is 3. The van der Waals surface area contributed by atoms with Crippen LogP contribution in [0.5, 0.6) is 0 Å². The molecule has 5 rings (SSSR count). The van der Waals surface area contributed by atoms with Crippen LogP contribution in [-0.2, 0) is 14.3 Å². The second-order valence-corrected chi connectivity index (χ2v) is 14.6. The van der Waals surface area contributed by atoms with Crippen LogP contribution in [0.1, 0.15) is 117 Å². The fourth-order valence-corrected chi connectivity index (χ4v) is 7.62. The van der Waals surface area contributed by atoms with Gasteiger partial charge in [-0.1, -0.05) is 75.0 Å². The lowest BCUT2D eigenvalue weighted by atomic mass is 9.68. The number of cyclic esters (lactones) is 1. The number of rotatable bonds is 5. The Labute approximate surface area is 250 Å². The first-order chi connectivity index (χ1) is 19.9. The number of fused-ring (bicyclic) bond motifs is 2. The maximum absolute atomic E-state index is 13.3. The number of esters is 1. The van der Waals surface area contributed by atoms with Crippen LogP contribution < -0.4 is 0 Å². The molecule has 2 aliphatic heterocycles. The average Bonchev–Trinajstić information content (AvgIpc) is 3.84. The molecule has 3 aliphatic carbocycles. The van der Waals surface area contributed by atoms with Gasteiger partial charge in [0, 0.05) is 12.0 Å². The zero-order valence-electron chi connectivity index (χ0n) is 26.0. The Balaban J connectivity index is 1.37. The van der Waals surface area contributed by atoms with Gasteiger partial charge in [-0.3, -0.25) is 0 Å². The Morgan fingerprint density at radius 3 is 2.61 bits per heavy atom. The van der Waals surface area contributed by atoms with E-state index in [9.17, 15) is 4.79 Å². The first kappa shape index (κ1) is 30.6. The smallest absolute Gasteiger partial charge is 0.330 e. The summed E-state index contributed by atoms with van der Waals surface area (Å²) >= 11 is 0. The van der Waals surface area contributed by atoms with Crippen molar-refractivity contribution in [2.75, 3.05) is 0 Å². The molecule has 0 amide bonds. The minimum atomic E-state index is -0.179. The second kappa shape index (κ2) is 14.5. The fraction of sp³-hybridized carbons (Fsp3) is 0.711. The van der Waals surface area contributed by atoms with E-state index in [1.54, 1.807) is 6.08 Å². The summed E-state index contributed by atoms with van der Waals surface area (Å²) in [6.07, 6.45) is 36.4. The van der Waals surface area contributed by atoms with Crippen molar-refractivity contribution >= 4 is 5.97 Å². The van der Waals surface area contributed by atoms with E-state index in [0.717, 1.165) is 57.3 Å². The normalized spacial score (nSPS) is 35.7. The highest BCUT2D eigenvalue weighted by molar-refractivity contribution is 5.82. The van der Waals surface area contributed by atoms with Crippen molar-refractivity contribution in [3.05, 3.63) is 60.8 Å². The lowest BCUT2D eigenvalue weighted by molar-refractivity contribution is -0.147. The van der Waals surface area contributed by atoms with E-state index in [0.29, 0.717) is 23.7 Å². The van der Waals surface area contributed by atoms with Crippen LogP contribution in [0.2, 0.25) is 0 Å². The van der Waals surface area contributed by atoms with E-state index < -0.39 is 0 Å². The molecule has 2 fully saturated rings. The Kier molecular flexibility index (Phi) is 10.8. The first-order valence-electron chi connectivity index (χ1n) is 17.1. The molecule has 0 aromatic rings. The Morgan fingerprint density at radius 2 is 1.80 bits per heavy atom. The molecule has 3 nitrogen and oxygen atoms in total. The number of carbonyl (C=O) groups is 1. The van der Waals surface area contributed by atoms with Crippen LogP contribution in [0, 0.1) is 35.0 Å². The number of ether oxygens (including phenoxy) is 2. The molecule has 3 heteroatoms.